The van der Waals surface area contributed by atoms with Crippen LogP contribution >= 0.6 is 0 Å². The molecule has 0 saturated carbocycles. The minimum absolute atomic E-state index is 0.107. The van der Waals surface area contributed by atoms with E-state index < -0.39 is 0 Å². The summed E-state index contributed by atoms with van der Waals surface area (Å²) in [5.74, 6) is 0.903. The minimum Gasteiger partial charge on any atom is -0.354 e. The van der Waals surface area contributed by atoms with Crippen molar-refractivity contribution in [1.29, 1.82) is 5.26 Å². The number of amides is 1. The van der Waals surface area contributed by atoms with E-state index in [2.05, 4.69) is 34.8 Å². The lowest BCUT2D eigenvalue weighted by Crippen LogP contribution is -2.36. The highest BCUT2D eigenvalue weighted by molar-refractivity contribution is 5.92. The molecule has 2 aromatic heterocycles. The molecule has 0 bridgehead atoms. The number of carbonyl (C=O) groups is 1. The zero-order valence-electron chi connectivity index (χ0n) is 15.1. The topological polar surface area (TPSA) is 86.0 Å². The molecule has 7 heteroatoms. The van der Waals surface area contributed by atoms with Gasteiger partial charge in [0.25, 0.3) is 5.91 Å². The highest BCUT2D eigenvalue weighted by atomic mass is 16.2. The molecule has 0 unspecified atom stereocenters. The average Bonchev–Trinajstić information content (AvgIpc) is 2.93. The van der Waals surface area contributed by atoms with Crippen LogP contribution in [0.5, 0.6) is 0 Å². The zero-order valence-corrected chi connectivity index (χ0v) is 15.1. The van der Waals surface area contributed by atoms with E-state index >= 15 is 0 Å². The molecule has 1 aliphatic rings. The van der Waals surface area contributed by atoms with E-state index in [0.717, 1.165) is 18.7 Å². The van der Waals surface area contributed by atoms with Crippen LogP contribution in [0.25, 0.3) is 0 Å². The summed E-state index contributed by atoms with van der Waals surface area (Å²) >= 11 is 0. The first-order valence-corrected chi connectivity index (χ1v) is 8.81. The van der Waals surface area contributed by atoms with Crippen LogP contribution in [0.3, 0.4) is 0 Å². The molecule has 3 rings (SSSR count). The summed E-state index contributed by atoms with van der Waals surface area (Å²) < 4.78 is 0. The first-order valence-electron chi connectivity index (χ1n) is 8.81. The Morgan fingerprint density at radius 3 is 2.73 bits per heavy atom. The van der Waals surface area contributed by atoms with E-state index in [0.29, 0.717) is 42.6 Å². The summed E-state index contributed by atoms with van der Waals surface area (Å²) in [6.07, 6.45) is 5.38. The molecule has 1 amide bonds. The Kier molecular flexibility index (Phi) is 5.42. The van der Waals surface area contributed by atoms with Gasteiger partial charge in [-0.15, -0.1) is 0 Å². The van der Waals surface area contributed by atoms with Gasteiger partial charge in [0.2, 0.25) is 0 Å². The van der Waals surface area contributed by atoms with Gasteiger partial charge in [-0.05, 0) is 24.5 Å². The van der Waals surface area contributed by atoms with Gasteiger partial charge in [0.15, 0.2) is 0 Å². The largest absolute Gasteiger partial charge is 0.354 e. The molecule has 0 aromatic carbocycles. The van der Waals surface area contributed by atoms with Gasteiger partial charge in [0.1, 0.15) is 17.6 Å². The second kappa shape index (κ2) is 7.91. The van der Waals surface area contributed by atoms with Crippen molar-refractivity contribution in [2.24, 2.45) is 0 Å². The maximum absolute atomic E-state index is 12.6. The van der Waals surface area contributed by atoms with Crippen molar-refractivity contribution in [3.8, 4) is 6.07 Å². The third-order valence-corrected chi connectivity index (χ3v) is 4.47. The second-order valence-electron chi connectivity index (χ2n) is 6.60. The summed E-state index contributed by atoms with van der Waals surface area (Å²) in [5.41, 5.74) is 1.90. The molecule has 1 fully saturated rings. The quantitative estimate of drug-likeness (QED) is 0.844. The molecule has 0 spiro atoms. The molecule has 2 aromatic rings. The van der Waals surface area contributed by atoms with Crippen molar-refractivity contribution in [1.82, 2.24) is 19.9 Å². The number of nitrogens with zero attached hydrogens (tertiary/aromatic N) is 6. The van der Waals surface area contributed by atoms with Crippen LogP contribution in [0, 0.1) is 11.3 Å². The van der Waals surface area contributed by atoms with Crippen LogP contribution in [-0.4, -0.2) is 51.9 Å². The summed E-state index contributed by atoms with van der Waals surface area (Å²) in [5, 5.41) is 9.44. The van der Waals surface area contributed by atoms with Crippen LogP contribution < -0.4 is 4.90 Å². The Morgan fingerprint density at radius 1 is 1.19 bits per heavy atom. The van der Waals surface area contributed by atoms with Gasteiger partial charge in [-0.3, -0.25) is 9.78 Å². The van der Waals surface area contributed by atoms with Crippen molar-refractivity contribution in [2.45, 2.75) is 26.2 Å². The molecule has 1 aliphatic heterocycles. The van der Waals surface area contributed by atoms with Crippen molar-refractivity contribution in [3.05, 3.63) is 47.7 Å². The van der Waals surface area contributed by atoms with Crippen LogP contribution in [0.4, 0.5) is 5.82 Å². The van der Waals surface area contributed by atoms with Crippen LogP contribution in [0.15, 0.2) is 30.7 Å². The predicted octanol–water partition coefficient (Wildman–Crippen LogP) is 2.22. The lowest BCUT2D eigenvalue weighted by Gasteiger charge is -2.24. The fraction of sp³-hybridized carbons (Fsp3) is 0.421. The lowest BCUT2D eigenvalue weighted by molar-refractivity contribution is 0.0760. The number of nitriles is 1. The highest BCUT2D eigenvalue weighted by Gasteiger charge is 2.23. The molecule has 26 heavy (non-hydrogen) atoms. The number of rotatable bonds is 3. The summed E-state index contributed by atoms with van der Waals surface area (Å²) in [6.45, 7) is 6.78. The highest BCUT2D eigenvalue weighted by Crippen LogP contribution is 2.23. The molecule has 1 saturated heterocycles. The maximum atomic E-state index is 12.6. The second-order valence-corrected chi connectivity index (χ2v) is 6.60. The number of hydrogen-bond donors (Lipinski definition) is 0. The van der Waals surface area contributed by atoms with E-state index in [4.69, 9.17) is 4.98 Å². The Balaban J connectivity index is 1.78. The maximum Gasteiger partial charge on any atom is 0.274 e. The minimum atomic E-state index is -0.107. The number of hydrogen-bond acceptors (Lipinski definition) is 6. The first kappa shape index (κ1) is 17.8. The normalized spacial score (nSPS) is 14.8. The lowest BCUT2D eigenvalue weighted by atomic mass is 10.1. The van der Waals surface area contributed by atoms with Crippen molar-refractivity contribution in [2.75, 3.05) is 31.1 Å². The van der Waals surface area contributed by atoms with E-state index in [1.807, 2.05) is 12.1 Å². The van der Waals surface area contributed by atoms with Gasteiger partial charge in [-0.2, -0.15) is 5.26 Å². The fourth-order valence-electron chi connectivity index (χ4n) is 3.02. The molecule has 0 aliphatic carbocycles. The zero-order chi connectivity index (χ0) is 18.5. The van der Waals surface area contributed by atoms with Gasteiger partial charge in [0.05, 0.1) is 11.8 Å². The molecule has 0 atom stereocenters. The van der Waals surface area contributed by atoms with E-state index in [9.17, 15) is 10.1 Å². The van der Waals surface area contributed by atoms with Gasteiger partial charge < -0.3 is 9.80 Å². The molecule has 7 nitrogen and oxygen atoms in total. The van der Waals surface area contributed by atoms with Gasteiger partial charge in [-0.25, -0.2) is 9.97 Å². The van der Waals surface area contributed by atoms with Crippen molar-refractivity contribution < 1.29 is 4.79 Å². The molecule has 0 N–H and O–H groups in total. The van der Waals surface area contributed by atoms with E-state index in [1.165, 1.54) is 12.4 Å². The number of aromatic nitrogens is 3. The first-order chi connectivity index (χ1) is 12.6. The summed E-state index contributed by atoms with van der Waals surface area (Å²) in [7, 11) is 0. The fourth-order valence-corrected chi connectivity index (χ4v) is 3.02. The molecule has 3 heterocycles. The molecule has 0 radical (unpaired) electrons. The van der Waals surface area contributed by atoms with Crippen LogP contribution in [-0.2, 0) is 0 Å². The molecular formula is C19H22N6O. The van der Waals surface area contributed by atoms with Gasteiger partial charge in [-0.1, -0.05) is 13.8 Å². The summed E-state index contributed by atoms with van der Waals surface area (Å²) in [6, 6.07) is 5.99. The Hall–Kier alpha value is -3.01. The third-order valence-electron chi connectivity index (χ3n) is 4.47. The van der Waals surface area contributed by atoms with Crippen molar-refractivity contribution >= 4 is 11.7 Å². The van der Waals surface area contributed by atoms with Crippen molar-refractivity contribution in [3.63, 3.8) is 0 Å². The number of pyridine rings is 1. The summed E-state index contributed by atoms with van der Waals surface area (Å²) in [4.78, 5) is 29.3. The monoisotopic (exact) mass is 350 g/mol. The smallest absolute Gasteiger partial charge is 0.274 e. The van der Waals surface area contributed by atoms with Gasteiger partial charge >= 0.3 is 0 Å². The Morgan fingerprint density at radius 2 is 2.04 bits per heavy atom. The standard InChI is InChI=1S/C19H22N6O/c1-14(2)16-5-4-15(12-20)18(23-16)24-8-3-9-25(11-10-24)19(26)17-13-21-6-7-22-17/h4-7,13-14H,3,8-11H2,1-2H3. The average molecular weight is 350 g/mol. The number of carbonyl (C=O) groups excluding carboxylic acids is 1. The SMILES string of the molecule is CC(C)c1ccc(C#N)c(N2CCCN(C(=O)c3cnccn3)CC2)n1. The van der Waals surface area contributed by atoms with Crippen LogP contribution in [0.1, 0.15) is 47.9 Å². The predicted molar refractivity (Wildman–Crippen MR) is 97.8 cm³/mol. The third kappa shape index (κ3) is 3.80. The molecular weight excluding hydrogens is 328 g/mol. The van der Waals surface area contributed by atoms with Crippen LogP contribution in [0.2, 0.25) is 0 Å². The number of anilines is 1. The van der Waals surface area contributed by atoms with E-state index in [1.54, 1.807) is 11.1 Å². The Bertz CT molecular complexity index is 815. The Labute approximate surface area is 153 Å². The molecule has 134 valence electrons. The van der Waals surface area contributed by atoms with E-state index in [-0.39, 0.29) is 5.91 Å². The van der Waals surface area contributed by atoms with Gasteiger partial charge in [0, 0.05) is 44.3 Å².